The minimum atomic E-state index is -4.46. The normalized spacial score (nSPS) is 12.4. The highest BCUT2D eigenvalue weighted by molar-refractivity contribution is 5.86. The molecule has 3 aromatic rings. The fourth-order valence-corrected chi connectivity index (χ4v) is 3.41. The Morgan fingerprint density at radius 2 is 1.29 bits per heavy atom. The van der Waals surface area contributed by atoms with E-state index in [1.54, 1.807) is 48.5 Å². The van der Waals surface area contributed by atoms with Gasteiger partial charge in [0.25, 0.3) is 0 Å². The molecule has 0 saturated carbocycles. The zero-order chi connectivity index (χ0) is 22.4. The smallest absolute Gasteiger partial charge is 0.416 e. The van der Waals surface area contributed by atoms with Crippen LogP contribution in [0.15, 0.2) is 84.9 Å². The molecule has 3 aromatic carbocycles. The van der Waals surface area contributed by atoms with Crippen LogP contribution < -0.4 is 5.32 Å². The summed E-state index contributed by atoms with van der Waals surface area (Å²) < 4.78 is 38.1. The van der Waals surface area contributed by atoms with Crippen molar-refractivity contribution in [2.24, 2.45) is 0 Å². The number of carbonyl (C=O) groups excluding carboxylic acids is 1. The number of rotatable bonds is 7. The Bertz CT molecular complexity index is 980. The molecule has 0 bridgehead atoms. The number of carboxylic acids is 1. The largest absolute Gasteiger partial charge is 0.480 e. The van der Waals surface area contributed by atoms with Crippen LogP contribution in [-0.2, 0) is 22.2 Å². The standard InChI is InChI=1S/C24H20F3NO3/c25-24(26,27)19-13-11-16(12-14-19)15-20(29)28-22(23(30)31)21(17-7-3-1-4-8-17)18-9-5-2-6-10-18/h1-14,21-22H,15H2,(H,28,29)(H,30,31)/t22-/m0/s1. The number of alkyl halides is 3. The van der Waals surface area contributed by atoms with Gasteiger partial charge in [-0.25, -0.2) is 4.79 Å². The quantitative estimate of drug-likeness (QED) is 0.577. The second-order valence-corrected chi connectivity index (χ2v) is 7.05. The fourth-order valence-electron chi connectivity index (χ4n) is 3.41. The van der Waals surface area contributed by atoms with Gasteiger partial charge in [-0.05, 0) is 28.8 Å². The molecule has 0 radical (unpaired) electrons. The van der Waals surface area contributed by atoms with E-state index in [0.717, 1.165) is 23.3 Å². The molecule has 0 heterocycles. The van der Waals surface area contributed by atoms with Crippen molar-refractivity contribution in [2.75, 3.05) is 0 Å². The lowest BCUT2D eigenvalue weighted by molar-refractivity contribution is -0.142. The monoisotopic (exact) mass is 427 g/mol. The molecule has 4 nitrogen and oxygen atoms in total. The summed E-state index contributed by atoms with van der Waals surface area (Å²) in [5, 5.41) is 12.4. The van der Waals surface area contributed by atoms with Crippen LogP contribution in [-0.4, -0.2) is 23.0 Å². The summed E-state index contributed by atoms with van der Waals surface area (Å²) in [6.45, 7) is 0. The Hall–Kier alpha value is -3.61. The predicted octanol–water partition coefficient (Wildman–Crippen LogP) is 4.65. The first-order valence-electron chi connectivity index (χ1n) is 9.54. The molecule has 0 saturated heterocycles. The average Bonchev–Trinajstić information content (AvgIpc) is 2.74. The van der Waals surface area contributed by atoms with Crippen molar-refractivity contribution in [3.05, 3.63) is 107 Å². The number of nitrogens with one attached hydrogen (secondary N) is 1. The van der Waals surface area contributed by atoms with Gasteiger partial charge in [0.05, 0.1) is 12.0 Å². The van der Waals surface area contributed by atoms with Crippen molar-refractivity contribution >= 4 is 11.9 Å². The number of amides is 1. The van der Waals surface area contributed by atoms with Crippen LogP contribution in [0, 0.1) is 0 Å². The van der Waals surface area contributed by atoms with E-state index >= 15 is 0 Å². The molecule has 3 rings (SSSR count). The molecule has 0 unspecified atom stereocenters. The predicted molar refractivity (Wildman–Crippen MR) is 109 cm³/mol. The summed E-state index contributed by atoms with van der Waals surface area (Å²) in [6, 6.07) is 20.9. The molecule has 0 spiro atoms. The number of carbonyl (C=O) groups is 2. The van der Waals surface area contributed by atoms with Gasteiger partial charge in [-0.1, -0.05) is 72.8 Å². The highest BCUT2D eigenvalue weighted by atomic mass is 19.4. The summed E-state index contributed by atoms with van der Waals surface area (Å²) >= 11 is 0. The summed E-state index contributed by atoms with van der Waals surface area (Å²) in [5.41, 5.74) is 0.978. The second-order valence-electron chi connectivity index (χ2n) is 7.05. The molecule has 7 heteroatoms. The van der Waals surface area contributed by atoms with Gasteiger partial charge in [0, 0.05) is 5.92 Å². The maximum Gasteiger partial charge on any atom is 0.416 e. The molecule has 2 N–H and O–H groups in total. The number of aliphatic carboxylic acids is 1. The van der Waals surface area contributed by atoms with Gasteiger partial charge in [0.15, 0.2) is 0 Å². The van der Waals surface area contributed by atoms with Crippen LogP contribution >= 0.6 is 0 Å². The van der Waals surface area contributed by atoms with Crippen LogP contribution in [0.4, 0.5) is 13.2 Å². The average molecular weight is 427 g/mol. The number of halogens is 3. The Balaban J connectivity index is 1.83. The van der Waals surface area contributed by atoms with E-state index in [2.05, 4.69) is 5.32 Å². The molecule has 0 aromatic heterocycles. The number of benzene rings is 3. The van der Waals surface area contributed by atoms with Crippen LogP contribution in [0.5, 0.6) is 0 Å². The van der Waals surface area contributed by atoms with Gasteiger partial charge in [-0.15, -0.1) is 0 Å². The van der Waals surface area contributed by atoms with Gasteiger partial charge >= 0.3 is 12.1 Å². The van der Waals surface area contributed by atoms with E-state index in [4.69, 9.17) is 0 Å². The summed E-state index contributed by atoms with van der Waals surface area (Å²) in [5.74, 6) is -2.45. The Labute approximate surface area is 177 Å². The maximum absolute atomic E-state index is 12.7. The molecule has 160 valence electrons. The van der Waals surface area contributed by atoms with Crippen LogP contribution in [0.25, 0.3) is 0 Å². The first-order chi connectivity index (χ1) is 14.8. The summed E-state index contributed by atoms with van der Waals surface area (Å²) in [4.78, 5) is 24.7. The second kappa shape index (κ2) is 9.47. The third kappa shape index (κ3) is 5.72. The lowest BCUT2D eigenvalue weighted by Gasteiger charge is -2.26. The van der Waals surface area contributed by atoms with E-state index < -0.39 is 35.6 Å². The number of carboxylic acid groups (broad SMARTS) is 1. The third-order valence-electron chi connectivity index (χ3n) is 4.88. The molecule has 1 amide bonds. The lowest BCUT2D eigenvalue weighted by atomic mass is 9.85. The molecule has 0 aliphatic rings. The summed E-state index contributed by atoms with van der Waals surface area (Å²) in [6.07, 6.45) is -4.70. The van der Waals surface area contributed by atoms with E-state index in [-0.39, 0.29) is 6.42 Å². The van der Waals surface area contributed by atoms with E-state index in [9.17, 15) is 27.9 Å². The van der Waals surface area contributed by atoms with Crippen LogP contribution in [0.1, 0.15) is 28.2 Å². The van der Waals surface area contributed by atoms with Crippen molar-refractivity contribution in [2.45, 2.75) is 24.6 Å². The maximum atomic E-state index is 12.7. The van der Waals surface area contributed by atoms with Crippen molar-refractivity contribution in [1.29, 1.82) is 0 Å². The minimum Gasteiger partial charge on any atom is -0.480 e. The topological polar surface area (TPSA) is 66.4 Å². The van der Waals surface area contributed by atoms with Crippen molar-refractivity contribution in [3.8, 4) is 0 Å². The zero-order valence-electron chi connectivity index (χ0n) is 16.3. The molecule has 0 aliphatic heterocycles. The Morgan fingerprint density at radius 1 is 0.806 bits per heavy atom. The highest BCUT2D eigenvalue weighted by Crippen LogP contribution is 2.30. The van der Waals surface area contributed by atoms with Gasteiger partial charge in [0.1, 0.15) is 6.04 Å². The van der Waals surface area contributed by atoms with E-state index in [1.165, 1.54) is 12.1 Å². The summed E-state index contributed by atoms with van der Waals surface area (Å²) in [7, 11) is 0. The molecule has 0 aliphatic carbocycles. The lowest BCUT2D eigenvalue weighted by Crippen LogP contribution is -2.46. The Morgan fingerprint density at radius 3 is 1.71 bits per heavy atom. The Kier molecular flexibility index (Phi) is 6.74. The highest BCUT2D eigenvalue weighted by Gasteiger charge is 2.33. The molecular formula is C24H20F3NO3. The van der Waals surface area contributed by atoms with Crippen LogP contribution in [0.3, 0.4) is 0 Å². The van der Waals surface area contributed by atoms with Crippen molar-refractivity contribution in [3.63, 3.8) is 0 Å². The van der Waals surface area contributed by atoms with Gasteiger partial charge in [-0.2, -0.15) is 13.2 Å². The third-order valence-corrected chi connectivity index (χ3v) is 4.88. The first-order valence-corrected chi connectivity index (χ1v) is 9.54. The molecule has 31 heavy (non-hydrogen) atoms. The first kappa shape index (κ1) is 22.1. The fraction of sp³-hybridized carbons (Fsp3) is 0.167. The minimum absolute atomic E-state index is 0.238. The van der Waals surface area contributed by atoms with Crippen molar-refractivity contribution < 1.29 is 27.9 Å². The molecular weight excluding hydrogens is 407 g/mol. The number of hydrogen-bond acceptors (Lipinski definition) is 2. The van der Waals surface area contributed by atoms with Gasteiger partial charge in [0.2, 0.25) is 5.91 Å². The van der Waals surface area contributed by atoms with Gasteiger partial charge in [-0.3, -0.25) is 4.79 Å². The SMILES string of the molecule is O=C(Cc1ccc(C(F)(F)F)cc1)N[C@H](C(=O)O)C(c1ccccc1)c1ccccc1. The number of hydrogen-bond donors (Lipinski definition) is 2. The van der Waals surface area contributed by atoms with Crippen molar-refractivity contribution in [1.82, 2.24) is 5.32 Å². The van der Waals surface area contributed by atoms with Gasteiger partial charge < -0.3 is 10.4 Å². The van der Waals surface area contributed by atoms with E-state index in [0.29, 0.717) is 5.56 Å². The van der Waals surface area contributed by atoms with E-state index in [1.807, 2.05) is 12.1 Å². The molecule has 0 fully saturated rings. The zero-order valence-corrected chi connectivity index (χ0v) is 16.3. The molecule has 1 atom stereocenters. The van der Waals surface area contributed by atoms with Crippen LogP contribution in [0.2, 0.25) is 0 Å².